The molecule has 0 aromatic heterocycles. The molecule has 0 aliphatic heterocycles. The molecule has 0 amide bonds. The summed E-state index contributed by atoms with van der Waals surface area (Å²) in [6.45, 7) is 2.15. The highest BCUT2D eigenvalue weighted by molar-refractivity contribution is 5.76. The van der Waals surface area contributed by atoms with Gasteiger partial charge >= 0.3 is 5.97 Å². The Morgan fingerprint density at radius 2 is 2.09 bits per heavy atom. The Labute approximate surface area is 138 Å². The highest BCUT2D eigenvalue weighted by atomic mass is 16.5. The van der Waals surface area contributed by atoms with Gasteiger partial charge in [-0.2, -0.15) is 5.26 Å². The predicted molar refractivity (Wildman–Crippen MR) is 88.4 cm³/mol. The number of carbonyl (C=O) groups is 1. The van der Waals surface area contributed by atoms with Crippen molar-refractivity contribution in [3.8, 4) is 6.07 Å². The van der Waals surface area contributed by atoms with Gasteiger partial charge in [-0.1, -0.05) is 49.6 Å². The number of nitrogens with zero attached hydrogens (tertiary/aromatic N) is 1. The molecule has 23 heavy (non-hydrogen) atoms. The van der Waals surface area contributed by atoms with Gasteiger partial charge in [0.05, 0.1) is 12.7 Å². The molecule has 3 heteroatoms. The van der Waals surface area contributed by atoms with Crippen molar-refractivity contribution >= 4 is 5.97 Å². The van der Waals surface area contributed by atoms with Gasteiger partial charge in [-0.05, 0) is 43.6 Å². The number of esters is 1. The van der Waals surface area contributed by atoms with E-state index in [-0.39, 0.29) is 11.4 Å². The van der Waals surface area contributed by atoms with Crippen LogP contribution in [0.25, 0.3) is 0 Å². The summed E-state index contributed by atoms with van der Waals surface area (Å²) in [6.07, 6.45) is 6.71. The van der Waals surface area contributed by atoms with Crippen LogP contribution in [0.1, 0.15) is 44.6 Å². The van der Waals surface area contributed by atoms with Gasteiger partial charge in [0.2, 0.25) is 0 Å². The normalized spacial score (nSPS) is 30.4. The van der Waals surface area contributed by atoms with Gasteiger partial charge in [0.15, 0.2) is 0 Å². The number of rotatable bonds is 5. The summed E-state index contributed by atoms with van der Waals surface area (Å²) in [4.78, 5) is 12.4. The molecular weight excluding hydrogens is 286 g/mol. The van der Waals surface area contributed by atoms with Crippen LogP contribution in [-0.2, 0) is 16.0 Å². The van der Waals surface area contributed by atoms with E-state index in [9.17, 15) is 10.1 Å². The topological polar surface area (TPSA) is 50.1 Å². The molecule has 0 saturated heterocycles. The number of carbonyl (C=O) groups excluding carboxylic acids is 1. The number of nitriles is 1. The van der Waals surface area contributed by atoms with E-state index >= 15 is 0 Å². The fourth-order valence-corrected chi connectivity index (χ4v) is 4.94. The first-order valence-corrected chi connectivity index (χ1v) is 8.81. The van der Waals surface area contributed by atoms with Crippen molar-refractivity contribution < 1.29 is 9.53 Å². The predicted octanol–water partition coefficient (Wildman–Crippen LogP) is 4.13. The molecule has 3 nitrogen and oxygen atoms in total. The van der Waals surface area contributed by atoms with E-state index in [4.69, 9.17) is 4.74 Å². The number of fused-ring (bicyclic) bond motifs is 1. The lowest BCUT2D eigenvalue weighted by molar-refractivity contribution is -0.164. The van der Waals surface area contributed by atoms with Crippen LogP contribution in [0, 0.1) is 34.5 Å². The first-order chi connectivity index (χ1) is 11.2. The molecule has 1 unspecified atom stereocenters. The van der Waals surface area contributed by atoms with Gasteiger partial charge in [-0.25, -0.2) is 0 Å². The highest BCUT2D eigenvalue weighted by Gasteiger charge is 2.60. The Morgan fingerprint density at radius 1 is 1.35 bits per heavy atom. The minimum atomic E-state index is -0.637. The van der Waals surface area contributed by atoms with Crippen LogP contribution in [0.15, 0.2) is 30.3 Å². The highest BCUT2D eigenvalue weighted by Crippen LogP contribution is 2.62. The van der Waals surface area contributed by atoms with Crippen molar-refractivity contribution in [1.82, 2.24) is 0 Å². The van der Waals surface area contributed by atoms with E-state index in [0.29, 0.717) is 18.4 Å². The smallest absolute Gasteiger partial charge is 0.323 e. The summed E-state index contributed by atoms with van der Waals surface area (Å²) in [5, 5.41) is 9.74. The summed E-state index contributed by atoms with van der Waals surface area (Å²) in [7, 11) is 0. The molecule has 0 bridgehead atoms. The summed E-state index contributed by atoms with van der Waals surface area (Å²) >= 11 is 0. The maximum Gasteiger partial charge on any atom is 0.323 e. The minimum Gasteiger partial charge on any atom is -0.465 e. The van der Waals surface area contributed by atoms with E-state index < -0.39 is 5.92 Å². The summed E-state index contributed by atoms with van der Waals surface area (Å²) < 4.78 is 5.23. The molecule has 0 heterocycles. The second-order valence-electron chi connectivity index (χ2n) is 7.06. The average Bonchev–Trinajstić information content (AvgIpc) is 2.55. The molecular formula is C20H25NO2. The molecule has 0 N–H and O–H groups in total. The Kier molecular flexibility index (Phi) is 4.71. The van der Waals surface area contributed by atoms with Crippen LogP contribution in [0.4, 0.5) is 0 Å². The molecule has 0 radical (unpaired) electrons. The van der Waals surface area contributed by atoms with Gasteiger partial charge in [0.25, 0.3) is 0 Å². The molecule has 1 aromatic rings. The Hall–Kier alpha value is -1.82. The Bertz CT molecular complexity index is 591. The van der Waals surface area contributed by atoms with Crippen molar-refractivity contribution in [2.24, 2.45) is 23.2 Å². The molecule has 2 fully saturated rings. The zero-order valence-electron chi connectivity index (χ0n) is 13.8. The van der Waals surface area contributed by atoms with Crippen LogP contribution in [0.3, 0.4) is 0 Å². The Morgan fingerprint density at radius 3 is 2.74 bits per heavy atom. The number of hydrogen-bond acceptors (Lipinski definition) is 3. The number of ether oxygens (including phenoxy) is 1. The number of benzene rings is 1. The zero-order valence-corrected chi connectivity index (χ0v) is 13.8. The molecule has 2 aliphatic rings. The van der Waals surface area contributed by atoms with Crippen molar-refractivity contribution in [3.05, 3.63) is 35.9 Å². The fraction of sp³-hybridized carbons (Fsp3) is 0.600. The quantitative estimate of drug-likeness (QED) is 0.768. The third kappa shape index (κ3) is 2.87. The van der Waals surface area contributed by atoms with Crippen LogP contribution in [0.2, 0.25) is 0 Å². The molecule has 2 aliphatic carbocycles. The third-order valence-corrected chi connectivity index (χ3v) is 5.89. The third-order valence-electron chi connectivity index (χ3n) is 5.89. The van der Waals surface area contributed by atoms with Crippen molar-refractivity contribution in [2.75, 3.05) is 6.61 Å². The molecule has 4 atom stereocenters. The monoisotopic (exact) mass is 311 g/mol. The molecule has 122 valence electrons. The number of hydrogen-bond donors (Lipinski definition) is 0. The lowest BCUT2D eigenvalue weighted by Crippen LogP contribution is -2.56. The Balaban J connectivity index is 1.90. The first-order valence-electron chi connectivity index (χ1n) is 8.81. The van der Waals surface area contributed by atoms with Gasteiger partial charge in [-0.15, -0.1) is 0 Å². The van der Waals surface area contributed by atoms with E-state index in [1.165, 1.54) is 24.8 Å². The molecule has 3 rings (SSSR count). The van der Waals surface area contributed by atoms with E-state index in [1.807, 2.05) is 18.2 Å². The second-order valence-corrected chi connectivity index (χ2v) is 7.06. The van der Waals surface area contributed by atoms with E-state index in [2.05, 4.69) is 18.2 Å². The van der Waals surface area contributed by atoms with Gasteiger partial charge in [-0.3, -0.25) is 4.79 Å². The summed E-state index contributed by atoms with van der Waals surface area (Å²) in [5.41, 5.74) is 0.994. The lowest BCUT2D eigenvalue weighted by Gasteiger charge is -2.59. The lowest BCUT2D eigenvalue weighted by atomic mass is 9.44. The van der Waals surface area contributed by atoms with Crippen molar-refractivity contribution in [3.63, 3.8) is 0 Å². The van der Waals surface area contributed by atoms with E-state index in [1.54, 1.807) is 6.92 Å². The van der Waals surface area contributed by atoms with Crippen LogP contribution >= 0.6 is 0 Å². The van der Waals surface area contributed by atoms with Gasteiger partial charge in [0, 0.05) is 5.41 Å². The standard InChI is InChI=1S/C20H25NO2/c1-2-23-19(22)18(14-21)20(12-15-8-4-3-5-9-15)13-16-10-6-7-11-17(16)20/h3-5,8-9,16-18H,2,6-7,10-13H2,1H3/t16-,17-,18?,20+/m0/s1. The maximum absolute atomic E-state index is 12.4. The van der Waals surface area contributed by atoms with E-state index in [0.717, 1.165) is 19.3 Å². The van der Waals surface area contributed by atoms with Crippen molar-refractivity contribution in [1.29, 1.82) is 5.26 Å². The zero-order chi connectivity index (χ0) is 16.3. The maximum atomic E-state index is 12.4. The summed E-state index contributed by atoms with van der Waals surface area (Å²) in [5.74, 6) is 0.222. The minimum absolute atomic E-state index is 0.229. The molecule has 2 saturated carbocycles. The van der Waals surface area contributed by atoms with Crippen LogP contribution in [-0.4, -0.2) is 12.6 Å². The molecule has 0 spiro atoms. The van der Waals surface area contributed by atoms with Gasteiger partial charge in [0.1, 0.15) is 5.92 Å². The summed E-state index contributed by atoms with van der Waals surface area (Å²) in [6, 6.07) is 12.6. The largest absolute Gasteiger partial charge is 0.465 e. The molecule has 1 aromatic carbocycles. The van der Waals surface area contributed by atoms with Gasteiger partial charge < -0.3 is 4.74 Å². The van der Waals surface area contributed by atoms with Crippen LogP contribution in [0.5, 0.6) is 0 Å². The second kappa shape index (κ2) is 6.74. The average molecular weight is 311 g/mol. The first kappa shape index (κ1) is 16.1. The van der Waals surface area contributed by atoms with Crippen molar-refractivity contribution in [2.45, 2.75) is 45.4 Å². The van der Waals surface area contributed by atoms with Crippen LogP contribution < -0.4 is 0 Å². The SMILES string of the molecule is CCOC(=O)C(C#N)[C@]1(Cc2ccccc2)C[C@@H]2CCCC[C@@H]21. The fourth-order valence-electron chi connectivity index (χ4n) is 4.94.